The number of hydrogen-bond acceptors (Lipinski definition) is 3. The van der Waals surface area contributed by atoms with Crippen LogP contribution in [0, 0.1) is 0 Å². The first-order chi connectivity index (χ1) is 7.84. The molecule has 4 heteroatoms. The van der Waals surface area contributed by atoms with Gasteiger partial charge in [0, 0.05) is 26.1 Å². The van der Waals surface area contributed by atoms with Crippen molar-refractivity contribution in [1.82, 2.24) is 5.32 Å². The van der Waals surface area contributed by atoms with Gasteiger partial charge in [-0.25, -0.2) is 0 Å². The van der Waals surface area contributed by atoms with E-state index in [1.54, 1.807) is 0 Å². The molecule has 84 valence electrons. The van der Waals surface area contributed by atoms with Gasteiger partial charge < -0.3 is 15.5 Å². The van der Waals surface area contributed by atoms with Crippen molar-refractivity contribution in [1.29, 1.82) is 0 Å². The third-order valence-electron chi connectivity index (χ3n) is 3.26. The second kappa shape index (κ2) is 3.79. The maximum atomic E-state index is 11.7. The molecule has 0 saturated carbocycles. The van der Waals surface area contributed by atoms with Crippen molar-refractivity contribution < 1.29 is 4.79 Å². The highest BCUT2D eigenvalue weighted by Gasteiger charge is 2.29. The number of piperazine rings is 1. The zero-order valence-electron chi connectivity index (χ0n) is 9.07. The van der Waals surface area contributed by atoms with E-state index in [9.17, 15) is 4.79 Å². The van der Waals surface area contributed by atoms with Crippen LogP contribution in [0.3, 0.4) is 0 Å². The Bertz CT molecular complexity index is 418. The third-order valence-corrected chi connectivity index (χ3v) is 3.26. The van der Waals surface area contributed by atoms with Crippen LogP contribution in [0.15, 0.2) is 24.3 Å². The molecule has 0 spiro atoms. The second-order valence-electron chi connectivity index (χ2n) is 4.32. The molecule has 2 heterocycles. The van der Waals surface area contributed by atoms with Gasteiger partial charge >= 0.3 is 0 Å². The van der Waals surface area contributed by atoms with Crippen molar-refractivity contribution >= 4 is 17.3 Å². The summed E-state index contributed by atoms with van der Waals surface area (Å²) in [7, 11) is 0. The van der Waals surface area contributed by atoms with E-state index >= 15 is 0 Å². The van der Waals surface area contributed by atoms with Gasteiger partial charge in [0.2, 0.25) is 5.91 Å². The molecule has 1 amide bonds. The number of nitrogens with one attached hydrogen (secondary N) is 2. The molecule has 16 heavy (non-hydrogen) atoms. The molecule has 1 aromatic carbocycles. The van der Waals surface area contributed by atoms with E-state index in [4.69, 9.17) is 0 Å². The highest BCUT2D eigenvalue weighted by molar-refractivity contribution is 5.96. The average molecular weight is 217 g/mol. The van der Waals surface area contributed by atoms with E-state index in [-0.39, 0.29) is 11.9 Å². The molecular weight excluding hydrogens is 202 g/mol. The smallest absolute Gasteiger partial charge is 0.226 e. The highest BCUT2D eigenvalue weighted by atomic mass is 16.1. The van der Waals surface area contributed by atoms with Crippen LogP contribution in [-0.4, -0.2) is 31.6 Å². The summed E-state index contributed by atoms with van der Waals surface area (Å²) in [5, 5.41) is 6.31. The molecule has 1 fully saturated rings. The fourth-order valence-electron chi connectivity index (χ4n) is 2.51. The number of benzene rings is 1. The summed E-state index contributed by atoms with van der Waals surface area (Å²) >= 11 is 0. The van der Waals surface area contributed by atoms with Crippen LogP contribution in [-0.2, 0) is 4.79 Å². The molecule has 2 aliphatic heterocycles. The van der Waals surface area contributed by atoms with Gasteiger partial charge in [0.15, 0.2) is 0 Å². The summed E-state index contributed by atoms with van der Waals surface area (Å²) in [6.45, 7) is 2.84. The quantitative estimate of drug-likeness (QED) is 0.676. The first-order valence-corrected chi connectivity index (χ1v) is 5.71. The molecule has 1 atom stereocenters. The number of fused-ring (bicyclic) bond motifs is 3. The van der Waals surface area contributed by atoms with Gasteiger partial charge in [0.25, 0.3) is 0 Å². The maximum Gasteiger partial charge on any atom is 0.226 e. The van der Waals surface area contributed by atoms with E-state index in [1.165, 1.54) is 0 Å². The van der Waals surface area contributed by atoms with E-state index < -0.39 is 0 Å². The highest BCUT2D eigenvalue weighted by Crippen LogP contribution is 2.31. The number of rotatable bonds is 0. The molecule has 0 radical (unpaired) electrons. The summed E-state index contributed by atoms with van der Waals surface area (Å²) in [4.78, 5) is 14.1. The summed E-state index contributed by atoms with van der Waals surface area (Å²) in [5.74, 6) is 0.114. The van der Waals surface area contributed by atoms with Crippen molar-refractivity contribution in [3.8, 4) is 0 Å². The first-order valence-electron chi connectivity index (χ1n) is 5.71. The molecule has 0 unspecified atom stereocenters. The summed E-state index contributed by atoms with van der Waals surface area (Å²) < 4.78 is 0. The van der Waals surface area contributed by atoms with Crippen molar-refractivity contribution in [3.05, 3.63) is 24.3 Å². The molecule has 2 N–H and O–H groups in total. The van der Waals surface area contributed by atoms with Crippen molar-refractivity contribution in [2.75, 3.05) is 29.9 Å². The van der Waals surface area contributed by atoms with Gasteiger partial charge in [-0.1, -0.05) is 12.1 Å². The average Bonchev–Trinajstić information content (AvgIpc) is 2.44. The molecule has 3 rings (SSSR count). The van der Waals surface area contributed by atoms with Crippen LogP contribution < -0.4 is 15.5 Å². The van der Waals surface area contributed by atoms with Gasteiger partial charge in [0.1, 0.15) is 0 Å². The summed E-state index contributed by atoms with van der Waals surface area (Å²) in [5.41, 5.74) is 2.09. The Morgan fingerprint density at radius 3 is 3.12 bits per heavy atom. The summed E-state index contributed by atoms with van der Waals surface area (Å²) in [6.07, 6.45) is 0.571. The number of carbonyl (C=O) groups is 1. The number of hydrogen-bond donors (Lipinski definition) is 2. The van der Waals surface area contributed by atoms with Crippen LogP contribution in [0.4, 0.5) is 11.4 Å². The predicted octanol–water partition coefficient (Wildman–Crippen LogP) is 0.807. The number of carbonyl (C=O) groups excluding carboxylic acids is 1. The van der Waals surface area contributed by atoms with Gasteiger partial charge in [-0.2, -0.15) is 0 Å². The lowest BCUT2D eigenvalue weighted by molar-refractivity contribution is -0.116. The molecule has 1 saturated heterocycles. The van der Waals surface area contributed by atoms with Gasteiger partial charge in [-0.05, 0) is 12.1 Å². The van der Waals surface area contributed by atoms with Gasteiger partial charge in [-0.15, -0.1) is 0 Å². The third kappa shape index (κ3) is 1.55. The lowest BCUT2D eigenvalue weighted by Gasteiger charge is -2.36. The predicted molar refractivity (Wildman–Crippen MR) is 63.7 cm³/mol. The Balaban J connectivity index is 2.04. The Kier molecular flexibility index (Phi) is 2.29. The van der Waals surface area contributed by atoms with E-state index in [2.05, 4.69) is 21.6 Å². The topological polar surface area (TPSA) is 44.4 Å². The summed E-state index contributed by atoms with van der Waals surface area (Å²) in [6, 6.07) is 8.32. The Hall–Kier alpha value is -1.55. The first kappa shape index (κ1) is 9.66. The minimum absolute atomic E-state index is 0.114. The maximum absolute atomic E-state index is 11.7. The van der Waals surface area contributed by atoms with Crippen molar-refractivity contribution in [3.63, 3.8) is 0 Å². The SMILES string of the molecule is O=C1C[C@@H]2CNCCN2c2ccccc2N1. The lowest BCUT2D eigenvalue weighted by Crippen LogP contribution is -2.51. The normalized spacial score (nSPS) is 24.1. The van der Waals surface area contributed by atoms with E-state index in [1.807, 2.05) is 18.2 Å². The fraction of sp³-hybridized carbons (Fsp3) is 0.417. The molecular formula is C12H15N3O. The molecule has 1 aromatic rings. The zero-order valence-corrected chi connectivity index (χ0v) is 9.07. The number of anilines is 2. The standard InChI is InChI=1S/C12H15N3O/c16-12-7-9-8-13-5-6-15(9)11-4-2-1-3-10(11)14-12/h1-4,9,13H,5-8H2,(H,14,16)/t9-/m1/s1. The Labute approximate surface area is 94.6 Å². The lowest BCUT2D eigenvalue weighted by atomic mass is 10.1. The van der Waals surface area contributed by atoms with Crippen LogP contribution in [0.2, 0.25) is 0 Å². The van der Waals surface area contributed by atoms with Crippen LogP contribution in [0.5, 0.6) is 0 Å². The minimum atomic E-state index is 0.114. The molecule has 4 nitrogen and oxygen atoms in total. The minimum Gasteiger partial charge on any atom is -0.364 e. The number of nitrogens with zero attached hydrogens (tertiary/aromatic N) is 1. The van der Waals surface area contributed by atoms with Crippen molar-refractivity contribution in [2.24, 2.45) is 0 Å². The number of amides is 1. The molecule has 2 aliphatic rings. The zero-order chi connectivity index (χ0) is 11.0. The monoisotopic (exact) mass is 217 g/mol. The van der Waals surface area contributed by atoms with Crippen LogP contribution in [0.25, 0.3) is 0 Å². The van der Waals surface area contributed by atoms with Gasteiger partial charge in [-0.3, -0.25) is 4.79 Å². The molecule has 0 aliphatic carbocycles. The molecule has 0 aromatic heterocycles. The number of para-hydroxylation sites is 2. The van der Waals surface area contributed by atoms with E-state index in [0.717, 1.165) is 31.0 Å². The van der Waals surface area contributed by atoms with Crippen molar-refractivity contribution in [2.45, 2.75) is 12.5 Å². The van der Waals surface area contributed by atoms with Crippen LogP contribution >= 0.6 is 0 Å². The second-order valence-corrected chi connectivity index (χ2v) is 4.32. The largest absolute Gasteiger partial charge is 0.364 e. The van der Waals surface area contributed by atoms with E-state index in [0.29, 0.717) is 6.42 Å². The fourth-order valence-corrected chi connectivity index (χ4v) is 2.51. The Morgan fingerprint density at radius 2 is 2.19 bits per heavy atom. The van der Waals surface area contributed by atoms with Gasteiger partial charge in [0.05, 0.1) is 17.4 Å². The Morgan fingerprint density at radius 1 is 1.31 bits per heavy atom. The van der Waals surface area contributed by atoms with Crippen LogP contribution in [0.1, 0.15) is 6.42 Å². The molecule has 0 bridgehead atoms.